The molecule has 0 bridgehead atoms. The Morgan fingerprint density at radius 3 is 2.50 bits per heavy atom. The topological polar surface area (TPSA) is 55.8 Å². The predicted molar refractivity (Wildman–Crippen MR) is 76.7 cm³/mol. The Balaban J connectivity index is 2.43. The van der Waals surface area contributed by atoms with E-state index in [0.29, 0.717) is 5.56 Å². The number of hydrogen-bond donors (Lipinski definition) is 1. The highest BCUT2D eigenvalue weighted by Gasteiger charge is 2.34. The first kappa shape index (κ1) is 14.3. The molecule has 0 heterocycles. The van der Waals surface area contributed by atoms with Crippen LogP contribution in [-0.2, 0) is 15.1 Å². The van der Waals surface area contributed by atoms with Crippen LogP contribution < -0.4 is 4.74 Å². The first-order chi connectivity index (χ1) is 9.48. The van der Waals surface area contributed by atoms with E-state index < -0.39 is 11.6 Å². The number of esters is 1. The highest BCUT2D eigenvalue weighted by molar-refractivity contribution is 5.87. The Morgan fingerprint density at radius 2 is 1.85 bits per heavy atom. The monoisotopic (exact) mass is 274 g/mol. The van der Waals surface area contributed by atoms with Gasteiger partial charge in [-0.15, -0.1) is 0 Å². The van der Waals surface area contributed by atoms with E-state index in [-0.39, 0.29) is 6.61 Å². The molecular weight excluding hydrogens is 256 g/mol. The summed E-state index contributed by atoms with van der Waals surface area (Å²) in [5.41, 5.74) is -1.14. The summed E-state index contributed by atoms with van der Waals surface area (Å²) in [7, 11) is 1.61. The lowest BCUT2D eigenvalue weighted by Gasteiger charge is -2.21. The third-order valence-electron chi connectivity index (χ3n) is 3.28. The average Bonchev–Trinajstić information content (AvgIpc) is 2.46. The Bertz CT molecular complexity index is 631. The van der Waals surface area contributed by atoms with Crippen molar-refractivity contribution in [1.29, 1.82) is 0 Å². The number of aliphatic hydroxyl groups is 1. The summed E-state index contributed by atoms with van der Waals surface area (Å²) in [4.78, 5) is 11.8. The number of hydrogen-bond acceptors (Lipinski definition) is 4. The Hall–Kier alpha value is -2.07. The van der Waals surface area contributed by atoms with Gasteiger partial charge in [-0.3, -0.25) is 0 Å². The Morgan fingerprint density at radius 1 is 1.20 bits per heavy atom. The molecule has 0 aliphatic rings. The molecule has 0 radical (unpaired) electrons. The third kappa shape index (κ3) is 2.60. The van der Waals surface area contributed by atoms with E-state index >= 15 is 0 Å². The maximum atomic E-state index is 11.8. The number of carbonyl (C=O) groups excluding carboxylic acids is 1. The summed E-state index contributed by atoms with van der Waals surface area (Å²) >= 11 is 0. The molecule has 0 fully saturated rings. The zero-order chi connectivity index (χ0) is 14.8. The van der Waals surface area contributed by atoms with Crippen LogP contribution in [0.3, 0.4) is 0 Å². The lowest BCUT2D eigenvalue weighted by atomic mass is 9.93. The van der Waals surface area contributed by atoms with Gasteiger partial charge in [0.2, 0.25) is 0 Å². The van der Waals surface area contributed by atoms with Crippen LogP contribution >= 0.6 is 0 Å². The third-order valence-corrected chi connectivity index (χ3v) is 3.28. The molecule has 2 rings (SSSR count). The second-order valence-corrected chi connectivity index (χ2v) is 4.72. The van der Waals surface area contributed by atoms with Crippen LogP contribution in [0.4, 0.5) is 0 Å². The summed E-state index contributed by atoms with van der Waals surface area (Å²) < 4.78 is 10.1. The summed E-state index contributed by atoms with van der Waals surface area (Å²) in [5.74, 6) is 0.121. The van der Waals surface area contributed by atoms with Gasteiger partial charge in [-0.2, -0.15) is 0 Å². The van der Waals surface area contributed by atoms with Crippen molar-refractivity contribution in [2.24, 2.45) is 0 Å². The fraction of sp³-hybridized carbons (Fsp3) is 0.312. The van der Waals surface area contributed by atoms with E-state index in [9.17, 15) is 9.90 Å². The van der Waals surface area contributed by atoms with Gasteiger partial charge in [-0.1, -0.05) is 18.2 Å². The largest absolute Gasteiger partial charge is 0.497 e. The highest BCUT2D eigenvalue weighted by atomic mass is 16.5. The van der Waals surface area contributed by atoms with Crippen molar-refractivity contribution in [2.75, 3.05) is 13.7 Å². The molecule has 0 aliphatic carbocycles. The molecule has 2 aromatic rings. The average molecular weight is 274 g/mol. The molecular formula is C16H18O4. The van der Waals surface area contributed by atoms with Crippen LogP contribution in [0.25, 0.3) is 10.8 Å². The molecule has 4 heteroatoms. The standard InChI is InChI=1S/C16H18O4/c1-4-20-15(17)16(2,18)13-7-5-12-10-14(19-3)8-6-11(12)9-13/h5-10,18H,4H2,1-3H3/t16-/m1/s1. The van der Waals surface area contributed by atoms with E-state index in [4.69, 9.17) is 9.47 Å². The smallest absolute Gasteiger partial charge is 0.342 e. The van der Waals surface area contributed by atoms with E-state index in [1.165, 1.54) is 6.92 Å². The minimum absolute atomic E-state index is 0.236. The number of rotatable bonds is 4. The van der Waals surface area contributed by atoms with Crippen LogP contribution in [-0.4, -0.2) is 24.8 Å². The van der Waals surface area contributed by atoms with Gasteiger partial charge in [0, 0.05) is 0 Å². The van der Waals surface area contributed by atoms with Gasteiger partial charge in [0.1, 0.15) is 5.75 Å². The van der Waals surface area contributed by atoms with E-state index in [1.807, 2.05) is 24.3 Å². The van der Waals surface area contributed by atoms with Gasteiger partial charge >= 0.3 is 5.97 Å². The molecule has 106 valence electrons. The van der Waals surface area contributed by atoms with E-state index in [0.717, 1.165) is 16.5 Å². The van der Waals surface area contributed by atoms with Gasteiger partial charge in [0.15, 0.2) is 5.60 Å². The number of benzene rings is 2. The van der Waals surface area contributed by atoms with Crippen molar-refractivity contribution < 1.29 is 19.4 Å². The molecule has 20 heavy (non-hydrogen) atoms. The summed E-state index contributed by atoms with van der Waals surface area (Å²) in [6.07, 6.45) is 0. The summed E-state index contributed by atoms with van der Waals surface area (Å²) in [6, 6.07) is 11.0. The first-order valence-corrected chi connectivity index (χ1v) is 6.47. The minimum Gasteiger partial charge on any atom is -0.497 e. The first-order valence-electron chi connectivity index (χ1n) is 6.47. The molecule has 0 amide bonds. The second-order valence-electron chi connectivity index (χ2n) is 4.72. The van der Waals surface area contributed by atoms with E-state index in [2.05, 4.69) is 0 Å². The van der Waals surface area contributed by atoms with Crippen LogP contribution in [0.2, 0.25) is 0 Å². The lowest BCUT2D eigenvalue weighted by Crippen LogP contribution is -2.34. The van der Waals surface area contributed by atoms with Crippen molar-refractivity contribution in [2.45, 2.75) is 19.4 Å². The zero-order valence-electron chi connectivity index (χ0n) is 11.8. The number of fused-ring (bicyclic) bond motifs is 1. The molecule has 0 spiro atoms. The molecule has 0 aliphatic heterocycles. The van der Waals surface area contributed by atoms with Crippen LogP contribution in [0.5, 0.6) is 5.75 Å². The maximum Gasteiger partial charge on any atom is 0.342 e. The van der Waals surface area contributed by atoms with Gasteiger partial charge in [-0.05, 0) is 48.4 Å². The fourth-order valence-corrected chi connectivity index (χ4v) is 2.04. The molecule has 1 N–H and O–H groups in total. The van der Waals surface area contributed by atoms with Crippen LogP contribution in [0.15, 0.2) is 36.4 Å². The van der Waals surface area contributed by atoms with E-state index in [1.54, 1.807) is 26.2 Å². The minimum atomic E-state index is -1.65. The summed E-state index contributed by atoms with van der Waals surface area (Å²) in [6.45, 7) is 3.39. The zero-order valence-corrected chi connectivity index (χ0v) is 11.8. The van der Waals surface area contributed by atoms with Crippen molar-refractivity contribution in [3.63, 3.8) is 0 Å². The summed E-state index contributed by atoms with van der Waals surface area (Å²) in [5, 5.41) is 12.2. The van der Waals surface area contributed by atoms with Crippen molar-refractivity contribution in [3.8, 4) is 5.75 Å². The normalized spacial score (nSPS) is 13.8. The highest BCUT2D eigenvalue weighted by Crippen LogP contribution is 2.28. The number of methoxy groups -OCH3 is 1. The van der Waals surface area contributed by atoms with Gasteiger partial charge < -0.3 is 14.6 Å². The van der Waals surface area contributed by atoms with Crippen molar-refractivity contribution in [3.05, 3.63) is 42.0 Å². The molecule has 0 aromatic heterocycles. The molecule has 1 atom stereocenters. The molecule has 2 aromatic carbocycles. The molecule has 0 unspecified atom stereocenters. The predicted octanol–water partition coefficient (Wildman–Crippen LogP) is 2.62. The van der Waals surface area contributed by atoms with Gasteiger partial charge in [0.05, 0.1) is 13.7 Å². The SMILES string of the molecule is CCOC(=O)[C@](C)(O)c1ccc2cc(OC)ccc2c1. The quantitative estimate of drug-likeness (QED) is 0.871. The Labute approximate surface area is 117 Å². The van der Waals surface area contributed by atoms with Crippen LogP contribution in [0.1, 0.15) is 19.4 Å². The molecule has 0 saturated carbocycles. The van der Waals surface area contributed by atoms with Crippen molar-refractivity contribution in [1.82, 2.24) is 0 Å². The number of carbonyl (C=O) groups is 1. The molecule has 0 saturated heterocycles. The lowest BCUT2D eigenvalue weighted by molar-refractivity contribution is -0.164. The van der Waals surface area contributed by atoms with Crippen LogP contribution in [0, 0.1) is 0 Å². The maximum absolute atomic E-state index is 11.8. The number of ether oxygens (including phenoxy) is 2. The second kappa shape index (κ2) is 5.51. The van der Waals surface area contributed by atoms with Crippen molar-refractivity contribution >= 4 is 16.7 Å². The Kier molecular flexibility index (Phi) is 3.95. The fourth-order valence-electron chi connectivity index (χ4n) is 2.04. The molecule has 4 nitrogen and oxygen atoms in total. The van der Waals surface area contributed by atoms with Gasteiger partial charge in [0.25, 0.3) is 0 Å². The van der Waals surface area contributed by atoms with Gasteiger partial charge in [-0.25, -0.2) is 4.79 Å².